The topological polar surface area (TPSA) is 55.4 Å². The highest BCUT2D eigenvalue weighted by atomic mass is 33.7. The van der Waals surface area contributed by atoms with Crippen molar-refractivity contribution < 1.29 is 26.6 Å². The van der Waals surface area contributed by atoms with E-state index in [-0.39, 0.29) is 9.75 Å². The van der Waals surface area contributed by atoms with Gasteiger partial charge in [-0.1, -0.05) is 68.0 Å². The van der Waals surface area contributed by atoms with Gasteiger partial charge < -0.3 is 26.6 Å². The summed E-state index contributed by atoms with van der Waals surface area (Å²) in [5, 5.41) is 0. The Morgan fingerprint density at radius 2 is 1.00 bits per heavy atom. The van der Waals surface area contributed by atoms with Crippen LogP contribution in [-0.4, -0.2) is 71.6 Å². The van der Waals surface area contributed by atoms with Gasteiger partial charge in [0.2, 0.25) is 0 Å². The monoisotopic (exact) mass is 636 g/mol. The zero-order valence-electron chi connectivity index (χ0n) is 25.0. The molecule has 0 bridgehead atoms. The van der Waals surface area contributed by atoms with Crippen LogP contribution < -0.4 is 0 Å². The van der Waals surface area contributed by atoms with Crippen molar-refractivity contribution in [2.75, 3.05) is 39.6 Å². The predicted molar refractivity (Wildman–Crippen MR) is 172 cm³/mol. The highest BCUT2D eigenvalue weighted by molar-refractivity contribution is 9.42. The van der Waals surface area contributed by atoms with E-state index in [0.29, 0.717) is 44.2 Å². The standard InChI is InChI=1S/C25H56O6S4Si2/c1-10-19-20-21-22-23-32-34-35(33-23,24(11-2)36(26-13-4,27-14-5)28-15-6)25(12-3)37(29-16-7,30-17-8)31-18-9/h23-25H,10-22H2,1-9H3. The summed E-state index contributed by atoms with van der Waals surface area (Å²) in [6, 6.07) is 0. The van der Waals surface area contributed by atoms with E-state index in [2.05, 4.69) is 93.7 Å². The molecule has 6 nitrogen and oxygen atoms in total. The molecule has 1 heterocycles. The van der Waals surface area contributed by atoms with Gasteiger partial charge in [-0.25, -0.2) is 0 Å². The first-order valence-corrected chi connectivity index (χ1v) is 24.1. The third-order valence-corrected chi connectivity index (χ3v) is 34.6. The molecule has 3 atom stereocenters. The lowest BCUT2D eigenvalue weighted by atomic mass is 10.2. The van der Waals surface area contributed by atoms with E-state index in [1.54, 1.807) is 0 Å². The van der Waals surface area contributed by atoms with Crippen molar-refractivity contribution in [2.24, 2.45) is 0 Å². The van der Waals surface area contributed by atoms with E-state index in [9.17, 15) is 0 Å². The van der Waals surface area contributed by atoms with Crippen LogP contribution >= 0.6 is 39.5 Å². The van der Waals surface area contributed by atoms with Crippen LogP contribution in [-0.2, 0) is 26.6 Å². The lowest BCUT2D eigenvalue weighted by Gasteiger charge is -2.53. The van der Waals surface area contributed by atoms with Crippen molar-refractivity contribution in [1.82, 2.24) is 0 Å². The van der Waals surface area contributed by atoms with Crippen LogP contribution in [0, 0.1) is 0 Å². The molecule has 0 aliphatic carbocycles. The van der Waals surface area contributed by atoms with E-state index >= 15 is 0 Å². The summed E-state index contributed by atoms with van der Waals surface area (Å²) in [5.74, 6) is 0. The first-order valence-electron chi connectivity index (χ1n) is 14.6. The van der Waals surface area contributed by atoms with E-state index in [1.807, 2.05) is 0 Å². The Balaban J connectivity index is 3.72. The van der Waals surface area contributed by atoms with Crippen LogP contribution in [0.3, 0.4) is 0 Å². The van der Waals surface area contributed by atoms with Crippen molar-refractivity contribution in [3.05, 3.63) is 0 Å². The minimum absolute atomic E-state index is 0.168. The molecule has 1 rings (SSSR count). The van der Waals surface area contributed by atoms with Gasteiger partial charge in [-0.15, -0.1) is 8.09 Å². The fourth-order valence-corrected chi connectivity index (χ4v) is 41.6. The third-order valence-electron chi connectivity index (χ3n) is 6.20. The summed E-state index contributed by atoms with van der Waals surface area (Å²) in [5.41, 5.74) is 0. The number of unbranched alkanes of at least 4 members (excludes halogenated alkanes) is 3. The van der Waals surface area contributed by atoms with Crippen LogP contribution in [0.15, 0.2) is 0 Å². The number of hydrogen-bond acceptors (Lipinski definition) is 9. The van der Waals surface area contributed by atoms with Crippen molar-refractivity contribution in [3.63, 3.8) is 0 Å². The van der Waals surface area contributed by atoms with Crippen molar-refractivity contribution in [2.45, 2.75) is 122 Å². The summed E-state index contributed by atoms with van der Waals surface area (Å²) in [4.78, 5) is 0.336. The molecule has 1 saturated heterocycles. The predicted octanol–water partition coefficient (Wildman–Crippen LogP) is 8.78. The molecule has 12 heteroatoms. The van der Waals surface area contributed by atoms with Gasteiger partial charge in [-0.3, -0.25) is 0 Å². The Morgan fingerprint density at radius 1 is 0.595 bits per heavy atom. The maximum Gasteiger partial charge on any atom is 0.514 e. The van der Waals surface area contributed by atoms with Gasteiger partial charge in [0.15, 0.2) is 0 Å². The lowest BCUT2D eigenvalue weighted by molar-refractivity contribution is 0.0672. The first kappa shape index (κ1) is 36.6. The minimum atomic E-state index is -3.02. The molecule has 0 aromatic carbocycles. The zero-order valence-corrected chi connectivity index (χ0v) is 30.3. The molecule has 1 aliphatic heterocycles. The molecule has 1 aliphatic rings. The second-order valence-electron chi connectivity index (χ2n) is 8.73. The van der Waals surface area contributed by atoms with E-state index < -0.39 is 25.7 Å². The van der Waals surface area contributed by atoms with Crippen molar-refractivity contribution >= 4 is 57.1 Å². The Morgan fingerprint density at radius 3 is 1.32 bits per heavy atom. The fraction of sp³-hybridized carbons (Fsp3) is 1.00. The highest BCUT2D eigenvalue weighted by Crippen LogP contribution is 2.89. The smallest absolute Gasteiger partial charge is 0.373 e. The largest absolute Gasteiger partial charge is 0.514 e. The average molecular weight is 637 g/mol. The van der Waals surface area contributed by atoms with Gasteiger partial charge in [-0.05, 0) is 70.6 Å². The van der Waals surface area contributed by atoms with Gasteiger partial charge in [0.1, 0.15) is 0 Å². The molecule has 37 heavy (non-hydrogen) atoms. The van der Waals surface area contributed by atoms with E-state index in [4.69, 9.17) is 26.6 Å². The SMILES string of the molecule is CCCCCCC1SSS(C(CC)[Si](OCC)(OCC)OCC)(C(CC)[Si](OCC)(OCC)OCC)S1. The van der Waals surface area contributed by atoms with Crippen LogP contribution in [0.5, 0.6) is 0 Å². The third kappa shape index (κ3) is 9.56. The van der Waals surface area contributed by atoms with Crippen LogP contribution in [0.4, 0.5) is 0 Å². The summed E-state index contributed by atoms with van der Waals surface area (Å²) >= 11 is 0. The molecule has 0 aromatic rings. The summed E-state index contributed by atoms with van der Waals surface area (Å²) < 4.78 is 40.2. The van der Waals surface area contributed by atoms with E-state index in [1.165, 1.54) is 32.1 Å². The van der Waals surface area contributed by atoms with Gasteiger partial charge in [0.05, 0.1) is 14.3 Å². The molecule has 1 fully saturated rings. The number of hydrogen-bond donors (Lipinski definition) is 0. The van der Waals surface area contributed by atoms with Crippen molar-refractivity contribution in [1.29, 1.82) is 0 Å². The molecule has 224 valence electrons. The van der Waals surface area contributed by atoms with Gasteiger partial charge in [0, 0.05) is 39.6 Å². The van der Waals surface area contributed by atoms with Gasteiger partial charge in [-0.2, -0.15) is 0 Å². The maximum absolute atomic E-state index is 6.61. The molecular formula is C25H56O6S4Si2. The van der Waals surface area contributed by atoms with E-state index in [0.717, 1.165) is 12.8 Å². The summed E-state index contributed by atoms with van der Waals surface area (Å²) in [7, 11) is -1.22. The average Bonchev–Trinajstić information content (AvgIpc) is 3.28. The highest BCUT2D eigenvalue weighted by Gasteiger charge is 2.67. The Hall–Kier alpha value is 1.59. The second kappa shape index (κ2) is 19.7. The van der Waals surface area contributed by atoms with Crippen molar-refractivity contribution in [3.8, 4) is 0 Å². The number of rotatable bonds is 23. The van der Waals surface area contributed by atoms with Crippen LogP contribution in [0.2, 0.25) is 0 Å². The lowest BCUT2D eigenvalue weighted by Crippen LogP contribution is -2.63. The van der Waals surface area contributed by atoms with Crippen LogP contribution in [0.1, 0.15) is 107 Å². The summed E-state index contributed by atoms with van der Waals surface area (Å²) in [6.07, 6.45) is 8.27. The Kier molecular flexibility index (Phi) is 19.5. The van der Waals surface area contributed by atoms with Crippen LogP contribution in [0.25, 0.3) is 0 Å². The molecule has 0 radical (unpaired) electrons. The molecule has 0 N–H and O–H groups in total. The molecule has 3 unspecified atom stereocenters. The fourth-order valence-electron chi connectivity index (χ4n) is 4.95. The minimum Gasteiger partial charge on any atom is -0.373 e. The molecule has 0 amide bonds. The van der Waals surface area contributed by atoms with Gasteiger partial charge in [0.25, 0.3) is 0 Å². The molecular weight excluding hydrogens is 581 g/mol. The quantitative estimate of drug-likeness (QED) is 0.0622. The second-order valence-corrected chi connectivity index (χ2v) is 26.1. The normalized spacial score (nSPS) is 24.2. The summed E-state index contributed by atoms with van der Waals surface area (Å²) in [6.45, 7) is 22.7. The molecule has 0 spiro atoms. The maximum atomic E-state index is 6.61. The first-order chi connectivity index (χ1) is 17.9. The van der Waals surface area contributed by atoms with Gasteiger partial charge >= 0.3 is 17.6 Å². The zero-order chi connectivity index (χ0) is 27.8. The molecule has 0 saturated carbocycles. The Labute approximate surface area is 243 Å². The Bertz CT molecular complexity index is 527. The molecule has 0 aromatic heterocycles.